The highest BCUT2D eigenvalue weighted by Crippen LogP contribution is 2.28. The fourth-order valence-electron chi connectivity index (χ4n) is 3.08. The normalized spacial score (nSPS) is 11.6. The summed E-state index contributed by atoms with van der Waals surface area (Å²) in [5, 5.41) is 25.9. The van der Waals surface area contributed by atoms with Crippen molar-refractivity contribution in [2.45, 2.75) is 24.7 Å². The predicted molar refractivity (Wildman–Crippen MR) is 140 cm³/mol. The summed E-state index contributed by atoms with van der Waals surface area (Å²) in [5.41, 5.74) is 0.185. The van der Waals surface area contributed by atoms with Gasteiger partial charge in [0.2, 0.25) is 5.91 Å². The number of carbonyl (C=O) groups excluding carboxylic acids is 2. The van der Waals surface area contributed by atoms with Gasteiger partial charge in [-0.1, -0.05) is 52.6 Å². The number of nitro groups is 1. The summed E-state index contributed by atoms with van der Waals surface area (Å²) in [6, 6.07) is 7.77. The van der Waals surface area contributed by atoms with Crippen molar-refractivity contribution in [2.24, 2.45) is 0 Å². The second kappa shape index (κ2) is 12.2. The molecule has 2 N–H and O–H groups in total. The van der Waals surface area contributed by atoms with Gasteiger partial charge in [-0.3, -0.25) is 19.7 Å². The summed E-state index contributed by atoms with van der Waals surface area (Å²) in [6.45, 7) is 5.79. The van der Waals surface area contributed by atoms with Crippen LogP contribution in [0.5, 0.6) is 0 Å². The number of amides is 2. The lowest BCUT2D eigenvalue weighted by Gasteiger charge is -2.16. The van der Waals surface area contributed by atoms with Crippen molar-refractivity contribution in [1.82, 2.24) is 20.1 Å². The van der Waals surface area contributed by atoms with Crippen LogP contribution >= 0.6 is 46.6 Å². The molecule has 2 aromatic carbocycles. The maximum Gasteiger partial charge on any atom is 0.271 e. The minimum absolute atomic E-state index is 0.0740. The number of nitro benzene ring substituents is 1. The average molecular weight is 570 g/mol. The van der Waals surface area contributed by atoms with Crippen molar-refractivity contribution in [3.8, 4) is 0 Å². The molecule has 2 amide bonds. The predicted octanol–water partition coefficient (Wildman–Crippen LogP) is 5.55. The first kappa shape index (κ1) is 27.5. The number of hydrogen-bond donors (Lipinski definition) is 2. The van der Waals surface area contributed by atoms with Crippen molar-refractivity contribution >= 4 is 69.8 Å². The highest BCUT2D eigenvalue weighted by atomic mass is 35.5. The smallest absolute Gasteiger partial charge is 0.271 e. The summed E-state index contributed by atoms with van der Waals surface area (Å²) >= 11 is 19.2. The summed E-state index contributed by atoms with van der Waals surface area (Å²) < 4.78 is 1.71. The van der Waals surface area contributed by atoms with Gasteiger partial charge in [-0.05, 0) is 31.2 Å². The number of carbonyl (C=O) groups is 2. The second-order valence-corrected chi connectivity index (χ2v) is 9.51. The molecule has 1 heterocycles. The lowest BCUT2D eigenvalue weighted by molar-refractivity contribution is -0.384. The highest BCUT2D eigenvalue weighted by molar-refractivity contribution is 7.99. The van der Waals surface area contributed by atoms with Gasteiger partial charge in [-0.15, -0.1) is 16.8 Å². The monoisotopic (exact) mass is 568 g/mol. The van der Waals surface area contributed by atoms with E-state index in [1.807, 2.05) is 0 Å². The first-order chi connectivity index (χ1) is 17.1. The molecule has 3 aromatic rings. The number of rotatable bonds is 10. The maximum absolute atomic E-state index is 12.7. The van der Waals surface area contributed by atoms with Crippen LogP contribution < -0.4 is 10.6 Å². The van der Waals surface area contributed by atoms with Crippen LogP contribution in [0.2, 0.25) is 15.1 Å². The first-order valence-corrected chi connectivity index (χ1v) is 12.4. The van der Waals surface area contributed by atoms with Gasteiger partial charge in [0.25, 0.3) is 11.6 Å². The van der Waals surface area contributed by atoms with Crippen molar-refractivity contribution < 1.29 is 14.5 Å². The number of aromatic nitrogens is 3. The van der Waals surface area contributed by atoms with E-state index in [2.05, 4.69) is 27.4 Å². The minimum Gasteiger partial charge on any atom is -0.342 e. The van der Waals surface area contributed by atoms with Gasteiger partial charge in [0.15, 0.2) is 11.0 Å². The molecular formula is C22H19Cl3N6O4S. The lowest BCUT2D eigenvalue weighted by Crippen LogP contribution is -2.29. The molecule has 36 heavy (non-hydrogen) atoms. The van der Waals surface area contributed by atoms with Gasteiger partial charge in [-0.25, -0.2) is 0 Å². The molecule has 0 saturated heterocycles. The molecule has 0 fully saturated rings. The van der Waals surface area contributed by atoms with Gasteiger partial charge < -0.3 is 15.2 Å². The Morgan fingerprint density at radius 3 is 2.61 bits per heavy atom. The first-order valence-electron chi connectivity index (χ1n) is 10.3. The van der Waals surface area contributed by atoms with E-state index in [0.29, 0.717) is 22.5 Å². The highest BCUT2D eigenvalue weighted by Gasteiger charge is 2.22. The number of nitrogens with one attached hydrogen (secondary N) is 2. The quantitative estimate of drug-likeness (QED) is 0.141. The molecular weight excluding hydrogens is 551 g/mol. The molecule has 0 radical (unpaired) electrons. The number of non-ortho nitro benzene ring substituents is 1. The molecule has 3 rings (SSSR count). The number of thioether (sulfide) groups is 1. The number of halogens is 3. The Hall–Kier alpha value is -3.12. The van der Waals surface area contributed by atoms with Crippen molar-refractivity contribution in [1.29, 1.82) is 0 Å². The summed E-state index contributed by atoms with van der Waals surface area (Å²) in [5.74, 6) is -0.497. The Kier molecular flexibility index (Phi) is 9.32. The van der Waals surface area contributed by atoms with Crippen molar-refractivity contribution in [3.05, 3.63) is 85.6 Å². The Morgan fingerprint density at radius 2 is 1.94 bits per heavy atom. The van der Waals surface area contributed by atoms with Crippen LogP contribution in [0.15, 0.2) is 54.2 Å². The minimum atomic E-state index is -0.582. The molecule has 1 aromatic heterocycles. The van der Waals surface area contributed by atoms with E-state index in [-0.39, 0.29) is 32.7 Å². The van der Waals surface area contributed by atoms with Gasteiger partial charge in [0.1, 0.15) is 0 Å². The third kappa shape index (κ3) is 6.76. The second-order valence-electron chi connectivity index (χ2n) is 7.32. The SMILES string of the molecule is C=CCn1c(SCC(=O)Nc2cc([N+](=O)[O-])ccc2Cl)nnc1[C@H](C)NC(=O)c1ccc(Cl)cc1Cl. The van der Waals surface area contributed by atoms with Crippen LogP contribution in [0, 0.1) is 10.1 Å². The largest absolute Gasteiger partial charge is 0.342 e. The average Bonchev–Trinajstić information content (AvgIpc) is 3.21. The molecule has 0 aliphatic rings. The Labute approximate surface area is 225 Å². The van der Waals surface area contributed by atoms with Gasteiger partial charge >= 0.3 is 0 Å². The third-order valence-electron chi connectivity index (χ3n) is 4.73. The molecule has 0 bridgehead atoms. The third-order valence-corrected chi connectivity index (χ3v) is 6.58. The van der Waals surface area contributed by atoms with E-state index in [1.165, 1.54) is 30.3 Å². The van der Waals surface area contributed by atoms with Crippen LogP contribution in [-0.2, 0) is 11.3 Å². The fourth-order valence-corrected chi connectivity index (χ4v) is 4.49. The molecule has 0 unspecified atom stereocenters. The number of allylic oxidation sites excluding steroid dienone is 1. The molecule has 188 valence electrons. The van der Waals surface area contributed by atoms with Crippen molar-refractivity contribution in [2.75, 3.05) is 11.1 Å². The molecule has 10 nitrogen and oxygen atoms in total. The Balaban J connectivity index is 1.70. The topological polar surface area (TPSA) is 132 Å². The summed E-state index contributed by atoms with van der Waals surface area (Å²) in [7, 11) is 0. The Morgan fingerprint density at radius 1 is 1.19 bits per heavy atom. The molecule has 1 atom stereocenters. The summed E-state index contributed by atoms with van der Waals surface area (Å²) in [6.07, 6.45) is 1.63. The summed E-state index contributed by atoms with van der Waals surface area (Å²) in [4.78, 5) is 35.6. The number of hydrogen-bond acceptors (Lipinski definition) is 7. The zero-order chi connectivity index (χ0) is 26.4. The molecule has 0 aliphatic heterocycles. The molecule has 0 aliphatic carbocycles. The zero-order valence-electron chi connectivity index (χ0n) is 18.7. The maximum atomic E-state index is 12.7. The van der Waals surface area contributed by atoms with Gasteiger partial charge in [-0.2, -0.15) is 0 Å². The van der Waals surface area contributed by atoms with E-state index in [0.717, 1.165) is 11.8 Å². The van der Waals surface area contributed by atoms with E-state index < -0.39 is 22.8 Å². The van der Waals surface area contributed by atoms with E-state index in [9.17, 15) is 19.7 Å². The number of benzene rings is 2. The number of nitrogens with zero attached hydrogens (tertiary/aromatic N) is 4. The van der Waals surface area contributed by atoms with E-state index in [4.69, 9.17) is 34.8 Å². The Bertz CT molecular complexity index is 1330. The van der Waals surface area contributed by atoms with Crippen LogP contribution in [0.4, 0.5) is 11.4 Å². The van der Waals surface area contributed by atoms with E-state index in [1.54, 1.807) is 23.6 Å². The van der Waals surface area contributed by atoms with Crippen LogP contribution in [0.3, 0.4) is 0 Å². The zero-order valence-corrected chi connectivity index (χ0v) is 21.8. The molecule has 0 spiro atoms. The fraction of sp³-hybridized carbons (Fsp3) is 0.182. The number of anilines is 1. The van der Waals surface area contributed by atoms with Gasteiger partial charge in [0.05, 0.1) is 38.0 Å². The van der Waals surface area contributed by atoms with Gasteiger partial charge in [0, 0.05) is 23.7 Å². The van der Waals surface area contributed by atoms with E-state index >= 15 is 0 Å². The lowest BCUT2D eigenvalue weighted by atomic mass is 10.2. The van der Waals surface area contributed by atoms with Crippen LogP contribution in [0.25, 0.3) is 0 Å². The standard InChI is InChI=1S/C22H19Cl3N6O4S/c1-3-8-30-20(12(2)26-21(33)15-6-4-13(23)9-17(15)25)28-29-22(30)36-11-19(32)27-18-10-14(31(34)35)5-7-16(18)24/h3-7,9-10,12H,1,8,11H2,2H3,(H,26,33)(H,27,32)/t12-/m0/s1. The van der Waals surface area contributed by atoms with Crippen LogP contribution in [-0.4, -0.2) is 37.3 Å². The van der Waals surface area contributed by atoms with Crippen LogP contribution in [0.1, 0.15) is 29.1 Å². The molecule has 14 heteroatoms. The molecule has 0 saturated carbocycles. The van der Waals surface area contributed by atoms with Crippen molar-refractivity contribution in [3.63, 3.8) is 0 Å².